The highest BCUT2D eigenvalue weighted by Crippen LogP contribution is 2.29. The lowest BCUT2D eigenvalue weighted by atomic mass is 10.0. The molecule has 0 aliphatic carbocycles. The summed E-state index contributed by atoms with van der Waals surface area (Å²) in [6, 6.07) is 4.87. The number of rotatable bonds is 3. The Morgan fingerprint density at radius 2 is 2.00 bits per heavy atom. The van der Waals surface area contributed by atoms with Crippen LogP contribution in [0.15, 0.2) is 28.7 Å². The molecule has 0 aliphatic heterocycles. The molecule has 2 rings (SSSR count). The molecule has 0 saturated heterocycles. The Kier molecular flexibility index (Phi) is 3.01. The lowest BCUT2D eigenvalue weighted by Crippen LogP contribution is -1.96. The van der Waals surface area contributed by atoms with E-state index in [1.54, 1.807) is 0 Å². The van der Waals surface area contributed by atoms with Crippen molar-refractivity contribution in [1.29, 1.82) is 0 Å². The highest BCUT2D eigenvalue weighted by molar-refractivity contribution is 5.73. The summed E-state index contributed by atoms with van der Waals surface area (Å²) in [7, 11) is 0. The van der Waals surface area contributed by atoms with Crippen LogP contribution in [0, 0.1) is 11.6 Å². The van der Waals surface area contributed by atoms with Gasteiger partial charge in [-0.1, -0.05) is 6.07 Å². The van der Waals surface area contributed by atoms with E-state index in [0.717, 1.165) is 6.07 Å². The molecule has 5 heteroatoms. The van der Waals surface area contributed by atoms with Crippen LogP contribution in [0.25, 0.3) is 11.3 Å². The Bertz CT molecular complexity index is 561. The molecule has 17 heavy (non-hydrogen) atoms. The van der Waals surface area contributed by atoms with Crippen molar-refractivity contribution in [3.05, 3.63) is 47.2 Å². The number of aliphatic hydroxyl groups excluding tert-OH is 1. The number of hydrogen-bond acceptors (Lipinski definition) is 3. The average molecular weight is 238 g/mol. The van der Waals surface area contributed by atoms with Gasteiger partial charge in [0.25, 0.3) is 0 Å². The van der Waals surface area contributed by atoms with Gasteiger partial charge in [-0.15, -0.1) is 0 Å². The molecular formula is C12H8F2O3. The topological polar surface area (TPSA) is 50.4 Å². The smallest absolute Gasteiger partial charge is 0.185 e. The fraction of sp³-hybridized carbons (Fsp3) is 0.0833. The highest BCUT2D eigenvalue weighted by Gasteiger charge is 2.17. The molecule has 0 atom stereocenters. The van der Waals surface area contributed by atoms with Crippen molar-refractivity contribution in [2.24, 2.45) is 0 Å². The minimum atomic E-state index is -1.11. The maximum Gasteiger partial charge on any atom is 0.185 e. The maximum absolute atomic E-state index is 13.6. The molecule has 1 aromatic carbocycles. The second-order valence-electron chi connectivity index (χ2n) is 3.37. The van der Waals surface area contributed by atoms with Crippen LogP contribution in [0.4, 0.5) is 8.78 Å². The van der Waals surface area contributed by atoms with E-state index in [-0.39, 0.29) is 22.6 Å². The second kappa shape index (κ2) is 4.47. The van der Waals surface area contributed by atoms with E-state index in [1.807, 2.05) is 0 Å². The molecule has 3 nitrogen and oxygen atoms in total. The van der Waals surface area contributed by atoms with E-state index in [4.69, 9.17) is 9.52 Å². The van der Waals surface area contributed by atoms with Crippen LogP contribution >= 0.6 is 0 Å². The number of carbonyl (C=O) groups is 1. The summed E-state index contributed by atoms with van der Waals surface area (Å²) in [5.41, 5.74) is 0.0244. The van der Waals surface area contributed by atoms with Crippen molar-refractivity contribution in [2.75, 3.05) is 0 Å². The second-order valence-corrected chi connectivity index (χ2v) is 3.37. The first kappa shape index (κ1) is 11.5. The number of halogens is 2. The maximum atomic E-state index is 13.6. The van der Waals surface area contributed by atoms with Gasteiger partial charge in [0.05, 0.1) is 12.2 Å². The fourth-order valence-electron chi connectivity index (χ4n) is 1.54. The zero-order chi connectivity index (χ0) is 12.4. The number of carbonyl (C=O) groups excluding carboxylic acids is 1. The lowest BCUT2D eigenvalue weighted by Gasteiger charge is -2.06. The van der Waals surface area contributed by atoms with Crippen LogP contribution in [-0.4, -0.2) is 11.4 Å². The monoisotopic (exact) mass is 238 g/mol. The largest absolute Gasteiger partial charge is 0.453 e. The zero-order valence-corrected chi connectivity index (χ0v) is 8.61. The van der Waals surface area contributed by atoms with E-state index in [2.05, 4.69) is 0 Å². The quantitative estimate of drug-likeness (QED) is 0.836. The lowest BCUT2D eigenvalue weighted by molar-refractivity contribution is 0.110. The minimum absolute atomic E-state index is 0.00699. The van der Waals surface area contributed by atoms with E-state index < -0.39 is 18.2 Å². The first-order valence-electron chi connectivity index (χ1n) is 4.80. The number of furan rings is 1. The van der Waals surface area contributed by atoms with Crippen molar-refractivity contribution in [3.8, 4) is 11.3 Å². The van der Waals surface area contributed by atoms with Gasteiger partial charge in [0.1, 0.15) is 5.76 Å². The van der Waals surface area contributed by atoms with Crippen molar-refractivity contribution < 1.29 is 23.1 Å². The highest BCUT2D eigenvalue weighted by atomic mass is 19.2. The van der Waals surface area contributed by atoms with Gasteiger partial charge in [-0.25, -0.2) is 8.78 Å². The van der Waals surface area contributed by atoms with Gasteiger partial charge in [0.2, 0.25) is 0 Å². The van der Waals surface area contributed by atoms with Gasteiger partial charge < -0.3 is 9.52 Å². The van der Waals surface area contributed by atoms with E-state index >= 15 is 0 Å². The Morgan fingerprint density at radius 3 is 2.59 bits per heavy atom. The Balaban J connectivity index is 2.64. The van der Waals surface area contributed by atoms with Gasteiger partial charge in [-0.3, -0.25) is 4.79 Å². The molecular weight excluding hydrogens is 230 g/mol. The number of aliphatic hydroxyl groups is 1. The Labute approximate surface area is 95.3 Å². The van der Waals surface area contributed by atoms with Crippen molar-refractivity contribution >= 4 is 6.29 Å². The third-order valence-corrected chi connectivity index (χ3v) is 2.34. The molecule has 0 saturated carbocycles. The number of hydrogen-bond donors (Lipinski definition) is 1. The van der Waals surface area contributed by atoms with Crippen LogP contribution in [0.3, 0.4) is 0 Å². The molecule has 1 heterocycles. The number of benzene rings is 1. The third-order valence-electron chi connectivity index (χ3n) is 2.34. The van der Waals surface area contributed by atoms with Gasteiger partial charge in [0, 0.05) is 0 Å². The Hall–Kier alpha value is -2.01. The molecule has 2 aromatic rings. The molecule has 1 aromatic heterocycles. The molecule has 0 unspecified atom stereocenters. The predicted octanol–water partition coefficient (Wildman–Crippen LogP) is 2.53. The van der Waals surface area contributed by atoms with Crippen LogP contribution in [0.5, 0.6) is 0 Å². The zero-order valence-electron chi connectivity index (χ0n) is 8.61. The minimum Gasteiger partial charge on any atom is -0.453 e. The Morgan fingerprint density at radius 1 is 1.24 bits per heavy atom. The fourth-order valence-corrected chi connectivity index (χ4v) is 1.54. The van der Waals surface area contributed by atoms with Crippen LogP contribution < -0.4 is 0 Å². The average Bonchev–Trinajstić information content (AvgIpc) is 2.80. The van der Waals surface area contributed by atoms with Crippen LogP contribution in [0.1, 0.15) is 16.1 Å². The van der Waals surface area contributed by atoms with Gasteiger partial charge >= 0.3 is 0 Å². The van der Waals surface area contributed by atoms with Crippen molar-refractivity contribution in [1.82, 2.24) is 0 Å². The number of aldehydes is 1. The van der Waals surface area contributed by atoms with Gasteiger partial charge in [-0.05, 0) is 23.8 Å². The van der Waals surface area contributed by atoms with E-state index in [9.17, 15) is 13.6 Å². The molecule has 0 aliphatic rings. The SMILES string of the molecule is O=Cc1ccc(-c2c(CO)ccc(F)c2F)o1. The molecule has 88 valence electrons. The van der Waals surface area contributed by atoms with Gasteiger partial charge in [0.15, 0.2) is 23.7 Å². The molecule has 0 amide bonds. The van der Waals surface area contributed by atoms with Crippen molar-refractivity contribution in [3.63, 3.8) is 0 Å². The summed E-state index contributed by atoms with van der Waals surface area (Å²) in [5.74, 6) is -2.13. The van der Waals surface area contributed by atoms with E-state index in [1.165, 1.54) is 18.2 Å². The van der Waals surface area contributed by atoms with Crippen LogP contribution in [0.2, 0.25) is 0 Å². The normalized spacial score (nSPS) is 10.5. The molecule has 0 fully saturated rings. The van der Waals surface area contributed by atoms with E-state index in [0.29, 0.717) is 6.29 Å². The summed E-state index contributed by atoms with van der Waals surface area (Å²) in [4.78, 5) is 10.4. The van der Waals surface area contributed by atoms with Gasteiger partial charge in [-0.2, -0.15) is 0 Å². The summed E-state index contributed by atoms with van der Waals surface area (Å²) >= 11 is 0. The molecule has 0 radical (unpaired) electrons. The van der Waals surface area contributed by atoms with Crippen LogP contribution in [-0.2, 0) is 6.61 Å². The summed E-state index contributed by atoms with van der Waals surface area (Å²) in [6.07, 6.45) is 0.458. The summed E-state index contributed by atoms with van der Waals surface area (Å²) < 4.78 is 31.7. The molecule has 0 bridgehead atoms. The molecule has 0 spiro atoms. The standard InChI is InChI=1S/C12H8F2O3/c13-9-3-1-7(5-15)11(12(9)14)10-4-2-8(6-16)17-10/h1-4,6,15H,5H2. The van der Waals surface area contributed by atoms with Crippen molar-refractivity contribution in [2.45, 2.75) is 6.61 Å². The first-order chi connectivity index (χ1) is 8.17. The predicted molar refractivity (Wildman–Crippen MR) is 55.4 cm³/mol. The first-order valence-corrected chi connectivity index (χ1v) is 4.80. The third kappa shape index (κ3) is 1.97. The summed E-state index contributed by atoms with van der Waals surface area (Å²) in [5, 5.41) is 9.06. The summed E-state index contributed by atoms with van der Waals surface area (Å²) in [6.45, 7) is -0.455. The molecule has 1 N–H and O–H groups in total.